The monoisotopic (exact) mass is 461 g/mol. The number of benzene rings is 3. The third-order valence-electron chi connectivity index (χ3n) is 4.34. The first kappa shape index (κ1) is 23.5. The molecule has 0 amide bonds. The fourth-order valence-electron chi connectivity index (χ4n) is 2.72. The minimum Gasteiger partial charge on any atom is -0.497 e. The van der Waals surface area contributed by atoms with E-state index in [2.05, 4.69) is 15.8 Å². The number of thiocarbonyl (C=S) groups is 1. The number of anilines is 1. The highest BCUT2D eigenvalue weighted by molar-refractivity contribution is 7.80. The normalized spacial score (nSPS) is 10.7. The number of ether oxygens (including phenoxy) is 3. The maximum Gasteiger partial charge on any atom is 0.336 e. The minimum atomic E-state index is -0.504. The maximum atomic E-state index is 12.1. The van der Waals surface area contributed by atoms with E-state index in [-0.39, 0.29) is 0 Å². The van der Waals surface area contributed by atoms with Gasteiger partial charge in [0, 0.05) is 11.8 Å². The molecule has 0 radical (unpaired) electrons. The molecule has 0 saturated carbocycles. The van der Waals surface area contributed by atoms with E-state index in [9.17, 15) is 4.79 Å². The van der Waals surface area contributed by atoms with Crippen LogP contribution in [0.3, 0.4) is 0 Å². The molecule has 0 saturated heterocycles. The minimum absolute atomic E-state index is 0.307. The molecule has 0 atom stereocenters. The Hall–Kier alpha value is -4.17. The van der Waals surface area contributed by atoms with Crippen LogP contribution in [0.2, 0.25) is 0 Å². The van der Waals surface area contributed by atoms with Gasteiger partial charge in [-0.05, 0) is 71.9 Å². The van der Waals surface area contributed by atoms with Crippen LogP contribution in [0.15, 0.2) is 84.0 Å². The molecule has 0 spiro atoms. The molecule has 3 aromatic rings. The van der Waals surface area contributed by atoms with Gasteiger partial charge >= 0.3 is 5.97 Å². The summed E-state index contributed by atoms with van der Waals surface area (Å²) < 4.78 is 15.9. The van der Waals surface area contributed by atoms with Gasteiger partial charge in [-0.15, -0.1) is 0 Å². The summed E-state index contributed by atoms with van der Waals surface area (Å²) in [6, 6.07) is 21.9. The molecule has 168 valence electrons. The van der Waals surface area contributed by atoms with Gasteiger partial charge in [-0.1, -0.05) is 30.3 Å². The molecule has 2 N–H and O–H groups in total. The first-order valence-corrected chi connectivity index (χ1v) is 10.4. The van der Waals surface area contributed by atoms with Crippen LogP contribution in [0.4, 0.5) is 5.69 Å². The van der Waals surface area contributed by atoms with E-state index in [4.69, 9.17) is 26.4 Å². The van der Waals surface area contributed by atoms with Gasteiger partial charge in [0.25, 0.3) is 0 Å². The Labute approximate surface area is 197 Å². The largest absolute Gasteiger partial charge is 0.497 e. The molecule has 0 unspecified atom stereocenters. The number of rotatable bonds is 8. The van der Waals surface area contributed by atoms with Crippen molar-refractivity contribution in [3.63, 3.8) is 0 Å². The van der Waals surface area contributed by atoms with E-state index in [1.54, 1.807) is 37.6 Å². The quantitative estimate of drug-likeness (QED) is 0.126. The fourth-order valence-corrected chi connectivity index (χ4v) is 2.89. The summed E-state index contributed by atoms with van der Waals surface area (Å²) in [5, 5.41) is 7.47. The summed E-state index contributed by atoms with van der Waals surface area (Å²) in [5.74, 6) is 0.962. The molecule has 0 heterocycles. The number of nitrogens with zero attached hydrogens (tertiary/aromatic N) is 1. The van der Waals surface area contributed by atoms with Crippen molar-refractivity contribution in [3.8, 4) is 17.2 Å². The third kappa shape index (κ3) is 7.48. The van der Waals surface area contributed by atoms with Crippen molar-refractivity contribution in [2.45, 2.75) is 0 Å². The Morgan fingerprint density at radius 1 is 0.909 bits per heavy atom. The van der Waals surface area contributed by atoms with Gasteiger partial charge < -0.3 is 19.5 Å². The van der Waals surface area contributed by atoms with Crippen LogP contribution in [-0.2, 0) is 4.79 Å². The summed E-state index contributed by atoms with van der Waals surface area (Å²) in [4.78, 5) is 12.1. The van der Waals surface area contributed by atoms with Crippen molar-refractivity contribution >= 4 is 41.3 Å². The molecule has 8 heteroatoms. The highest BCUT2D eigenvalue weighted by Gasteiger charge is 2.09. The fraction of sp³-hybridized carbons (Fsp3) is 0.0800. The number of carbonyl (C=O) groups is 1. The number of hydrogen-bond acceptors (Lipinski definition) is 6. The highest BCUT2D eigenvalue weighted by Crippen LogP contribution is 2.27. The van der Waals surface area contributed by atoms with Crippen molar-refractivity contribution in [2.75, 3.05) is 19.5 Å². The second kappa shape index (κ2) is 12.0. The standard InChI is InChI=1S/C25H23N3O4S/c1-30-21-12-10-20(11-13-21)27-25(33)28-26-17-19-8-14-22(23(16-19)31-2)32-24(29)15-9-18-6-4-3-5-7-18/h3-17H,1-2H3,(H2,27,28,33). The average molecular weight is 462 g/mol. The Morgan fingerprint density at radius 3 is 2.36 bits per heavy atom. The lowest BCUT2D eigenvalue weighted by Crippen LogP contribution is -2.23. The van der Waals surface area contributed by atoms with Gasteiger partial charge in [0.15, 0.2) is 16.6 Å². The van der Waals surface area contributed by atoms with E-state index >= 15 is 0 Å². The van der Waals surface area contributed by atoms with Gasteiger partial charge in [0.2, 0.25) is 0 Å². The van der Waals surface area contributed by atoms with Crippen LogP contribution >= 0.6 is 12.2 Å². The molecular weight excluding hydrogens is 438 g/mol. The van der Waals surface area contributed by atoms with E-state index in [1.807, 2.05) is 54.6 Å². The Morgan fingerprint density at radius 2 is 1.67 bits per heavy atom. The molecule has 0 bridgehead atoms. The van der Waals surface area contributed by atoms with Gasteiger partial charge in [-0.3, -0.25) is 5.43 Å². The van der Waals surface area contributed by atoms with Crippen molar-refractivity contribution in [1.82, 2.24) is 5.43 Å². The van der Waals surface area contributed by atoms with Crippen LogP contribution in [0.25, 0.3) is 6.08 Å². The average Bonchev–Trinajstić information content (AvgIpc) is 2.84. The SMILES string of the molecule is COc1ccc(NC(=S)NN=Cc2ccc(OC(=O)C=Cc3ccccc3)c(OC)c2)cc1. The molecule has 0 aliphatic rings. The molecule has 3 rings (SSSR count). The van der Waals surface area contributed by atoms with E-state index in [0.29, 0.717) is 16.6 Å². The van der Waals surface area contributed by atoms with Crippen LogP contribution in [0.5, 0.6) is 17.2 Å². The van der Waals surface area contributed by atoms with Crippen molar-refractivity contribution in [1.29, 1.82) is 0 Å². The predicted octanol–water partition coefficient (Wildman–Crippen LogP) is 4.64. The van der Waals surface area contributed by atoms with E-state index in [1.165, 1.54) is 13.2 Å². The first-order chi connectivity index (χ1) is 16.1. The topological polar surface area (TPSA) is 81.2 Å². The number of esters is 1. The third-order valence-corrected chi connectivity index (χ3v) is 4.53. The maximum absolute atomic E-state index is 12.1. The van der Waals surface area contributed by atoms with Crippen LogP contribution < -0.4 is 25.0 Å². The zero-order chi connectivity index (χ0) is 23.5. The smallest absolute Gasteiger partial charge is 0.336 e. The van der Waals surface area contributed by atoms with Crippen LogP contribution in [-0.4, -0.2) is 31.5 Å². The second-order valence-corrected chi connectivity index (χ2v) is 7.04. The predicted molar refractivity (Wildman–Crippen MR) is 134 cm³/mol. The molecule has 0 fully saturated rings. The second-order valence-electron chi connectivity index (χ2n) is 6.63. The number of methoxy groups -OCH3 is 2. The molecule has 0 aliphatic carbocycles. The van der Waals surface area contributed by atoms with Crippen LogP contribution in [0.1, 0.15) is 11.1 Å². The van der Waals surface area contributed by atoms with Crippen molar-refractivity contribution in [2.24, 2.45) is 5.10 Å². The molecule has 0 aromatic heterocycles. The number of hydrogen-bond donors (Lipinski definition) is 2. The summed E-state index contributed by atoms with van der Waals surface area (Å²) in [6.45, 7) is 0. The number of hydrazone groups is 1. The molecule has 7 nitrogen and oxygen atoms in total. The molecule has 3 aromatic carbocycles. The molecule has 33 heavy (non-hydrogen) atoms. The molecular formula is C25H23N3O4S. The zero-order valence-corrected chi connectivity index (χ0v) is 19.0. The van der Waals surface area contributed by atoms with E-state index in [0.717, 1.165) is 22.6 Å². The van der Waals surface area contributed by atoms with Gasteiger partial charge in [-0.25, -0.2) is 4.79 Å². The Kier molecular flexibility index (Phi) is 8.55. The lowest BCUT2D eigenvalue weighted by Gasteiger charge is -2.09. The summed E-state index contributed by atoms with van der Waals surface area (Å²) in [6.07, 6.45) is 4.63. The number of nitrogens with one attached hydrogen (secondary N) is 2. The summed E-state index contributed by atoms with van der Waals surface area (Å²) in [5.41, 5.74) is 5.18. The Balaban J connectivity index is 1.55. The van der Waals surface area contributed by atoms with Crippen LogP contribution in [0, 0.1) is 0 Å². The van der Waals surface area contributed by atoms with E-state index < -0.39 is 5.97 Å². The first-order valence-electron chi connectivity index (χ1n) is 9.94. The Bertz CT molecular complexity index is 1150. The van der Waals surface area contributed by atoms with Crippen molar-refractivity contribution in [3.05, 3.63) is 90.0 Å². The lowest BCUT2D eigenvalue weighted by atomic mass is 10.2. The van der Waals surface area contributed by atoms with Gasteiger partial charge in [0.05, 0.1) is 20.4 Å². The zero-order valence-electron chi connectivity index (χ0n) is 18.1. The molecule has 0 aliphatic heterocycles. The summed E-state index contributed by atoms with van der Waals surface area (Å²) >= 11 is 5.23. The summed E-state index contributed by atoms with van der Waals surface area (Å²) in [7, 11) is 3.11. The van der Waals surface area contributed by atoms with Crippen molar-refractivity contribution < 1.29 is 19.0 Å². The number of carbonyl (C=O) groups excluding carboxylic acids is 1. The van der Waals surface area contributed by atoms with Gasteiger partial charge in [0.1, 0.15) is 5.75 Å². The highest BCUT2D eigenvalue weighted by atomic mass is 32.1. The lowest BCUT2D eigenvalue weighted by molar-refractivity contribution is -0.129. The van der Waals surface area contributed by atoms with Gasteiger partial charge in [-0.2, -0.15) is 5.10 Å².